The van der Waals surface area contributed by atoms with Gasteiger partial charge < -0.3 is 9.47 Å². The Morgan fingerprint density at radius 2 is 1.84 bits per heavy atom. The summed E-state index contributed by atoms with van der Waals surface area (Å²) in [5, 5.41) is 0. The molecule has 0 aliphatic carbocycles. The van der Waals surface area contributed by atoms with E-state index in [-0.39, 0.29) is 0 Å². The van der Waals surface area contributed by atoms with Gasteiger partial charge in [0.05, 0.1) is 19.8 Å². The average molecular weight is 263 g/mol. The monoisotopic (exact) mass is 263 g/mol. The fraction of sp³-hybridized carbons (Fsp3) is 0.625. The van der Waals surface area contributed by atoms with Gasteiger partial charge in [0.25, 0.3) is 0 Å². The molecule has 0 N–H and O–H groups in total. The third kappa shape index (κ3) is 4.84. The van der Waals surface area contributed by atoms with Crippen LogP contribution < -0.4 is 4.74 Å². The summed E-state index contributed by atoms with van der Waals surface area (Å²) in [6, 6.07) is 8.46. The molecule has 0 radical (unpaired) electrons. The van der Waals surface area contributed by atoms with Crippen LogP contribution in [0.5, 0.6) is 5.75 Å². The summed E-state index contributed by atoms with van der Waals surface area (Å²) in [4.78, 5) is 2.44. The van der Waals surface area contributed by atoms with Crippen LogP contribution in [-0.2, 0) is 4.74 Å². The predicted octanol–water partition coefficient (Wildman–Crippen LogP) is 2.91. The molecule has 1 aromatic carbocycles. The Hall–Kier alpha value is -1.06. The largest absolute Gasteiger partial charge is 0.494 e. The quantitative estimate of drug-likeness (QED) is 0.737. The molecule has 0 atom stereocenters. The van der Waals surface area contributed by atoms with Crippen LogP contribution in [0.15, 0.2) is 24.3 Å². The average Bonchev–Trinajstić information content (AvgIpc) is 2.45. The zero-order valence-electron chi connectivity index (χ0n) is 12.1. The van der Waals surface area contributed by atoms with E-state index in [2.05, 4.69) is 43.0 Å². The number of hydrogen-bond donors (Lipinski definition) is 0. The smallest absolute Gasteiger partial charge is 0.119 e. The fourth-order valence-electron chi connectivity index (χ4n) is 2.25. The van der Waals surface area contributed by atoms with Crippen molar-refractivity contribution in [2.75, 3.05) is 39.5 Å². The highest BCUT2D eigenvalue weighted by atomic mass is 16.5. The third-order valence-corrected chi connectivity index (χ3v) is 3.54. The van der Waals surface area contributed by atoms with Crippen molar-refractivity contribution in [3.05, 3.63) is 29.8 Å². The van der Waals surface area contributed by atoms with Crippen LogP contribution >= 0.6 is 0 Å². The van der Waals surface area contributed by atoms with E-state index >= 15 is 0 Å². The van der Waals surface area contributed by atoms with Gasteiger partial charge in [0.2, 0.25) is 0 Å². The molecule has 0 bridgehead atoms. The van der Waals surface area contributed by atoms with Crippen LogP contribution in [0, 0.1) is 0 Å². The van der Waals surface area contributed by atoms with Crippen LogP contribution in [0.4, 0.5) is 0 Å². The fourth-order valence-corrected chi connectivity index (χ4v) is 2.25. The summed E-state index contributed by atoms with van der Waals surface area (Å²) in [5.74, 6) is 1.56. The summed E-state index contributed by atoms with van der Waals surface area (Å²) in [5.41, 5.74) is 1.36. The number of rotatable bonds is 6. The summed E-state index contributed by atoms with van der Waals surface area (Å²) >= 11 is 0. The minimum atomic E-state index is 0.579. The molecule has 3 nitrogen and oxygen atoms in total. The SMILES string of the molecule is CC(C)c1ccc(OCCCN2CCOCC2)cc1. The Morgan fingerprint density at radius 3 is 2.47 bits per heavy atom. The number of ether oxygens (including phenoxy) is 2. The van der Waals surface area contributed by atoms with Gasteiger partial charge >= 0.3 is 0 Å². The maximum atomic E-state index is 5.77. The molecule has 1 aromatic rings. The number of morpholine rings is 1. The second kappa shape index (κ2) is 7.51. The molecule has 0 aromatic heterocycles. The van der Waals surface area contributed by atoms with Crippen molar-refractivity contribution in [1.29, 1.82) is 0 Å². The first-order valence-corrected chi connectivity index (χ1v) is 7.28. The summed E-state index contributed by atoms with van der Waals surface area (Å²) < 4.78 is 11.1. The van der Waals surface area contributed by atoms with Crippen molar-refractivity contribution in [2.24, 2.45) is 0 Å². The lowest BCUT2D eigenvalue weighted by Gasteiger charge is -2.26. The molecule has 19 heavy (non-hydrogen) atoms. The van der Waals surface area contributed by atoms with Gasteiger partial charge in [-0.05, 0) is 30.0 Å². The Kier molecular flexibility index (Phi) is 5.67. The van der Waals surface area contributed by atoms with E-state index in [0.29, 0.717) is 5.92 Å². The van der Waals surface area contributed by atoms with Crippen molar-refractivity contribution in [1.82, 2.24) is 4.90 Å². The van der Waals surface area contributed by atoms with Crippen LogP contribution in [0.3, 0.4) is 0 Å². The van der Waals surface area contributed by atoms with Crippen molar-refractivity contribution in [3.8, 4) is 5.75 Å². The number of nitrogens with zero attached hydrogens (tertiary/aromatic N) is 1. The summed E-state index contributed by atoms with van der Waals surface area (Å²) in [7, 11) is 0. The molecule has 2 rings (SSSR count). The van der Waals surface area contributed by atoms with Gasteiger partial charge in [0.1, 0.15) is 5.75 Å². The van der Waals surface area contributed by atoms with E-state index in [4.69, 9.17) is 9.47 Å². The van der Waals surface area contributed by atoms with Gasteiger partial charge in [-0.1, -0.05) is 26.0 Å². The Bertz CT molecular complexity index is 356. The lowest BCUT2D eigenvalue weighted by atomic mass is 10.0. The summed E-state index contributed by atoms with van der Waals surface area (Å²) in [6.07, 6.45) is 1.08. The second-order valence-electron chi connectivity index (χ2n) is 5.38. The first-order valence-electron chi connectivity index (χ1n) is 7.28. The maximum Gasteiger partial charge on any atom is 0.119 e. The topological polar surface area (TPSA) is 21.7 Å². The number of benzene rings is 1. The normalized spacial score (nSPS) is 16.8. The molecular formula is C16H25NO2. The maximum absolute atomic E-state index is 5.77. The van der Waals surface area contributed by atoms with Crippen LogP contribution in [0.2, 0.25) is 0 Å². The van der Waals surface area contributed by atoms with E-state index < -0.39 is 0 Å². The highest BCUT2D eigenvalue weighted by Gasteiger charge is 2.09. The Labute approximate surface area is 116 Å². The molecule has 0 saturated carbocycles. The van der Waals surface area contributed by atoms with E-state index in [1.807, 2.05) is 0 Å². The van der Waals surface area contributed by atoms with Crippen LogP contribution in [-0.4, -0.2) is 44.4 Å². The van der Waals surface area contributed by atoms with E-state index in [9.17, 15) is 0 Å². The van der Waals surface area contributed by atoms with Gasteiger partial charge in [0, 0.05) is 19.6 Å². The van der Waals surface area contributed by atoms with Gasteiger partial charge in [-0.15, -0.1) is 0 Å². The van der Waals surface area contributed by atoms with Crippen LogP contribution in [0.1, 0.15) is 31.7 Å². The molecule has 0 unspecified atom stereocenters. The lowest BCUT2D eigenvalue weighted by Crippen LogP contribution is -2.37. The molecule has 1 heterocycles. The van der Waals surface area contributed by atoms with E-state index in [0.717, 1.165) is 51.6 Å². The van der Waals surface area contributed by atoms with E-state index in [1.54, 1.807) is 0 Å². The van der Waals surface area contributed by atoms with Crippen molar-refractivity contribution < 1.29 is 9.47 Å². The van der Waals surface area contributed by atoms with Gasteiger partial charge in [-0.2, -0.15) is 0 Å². The molecule has 106 valence electrons. The van der Waals surface area contributed by atoms with Crippen molar-refractivity contribution >= 4 is 0 Å². The Balaban J connectivity index is 1.64. The second-order valence-corrected chi connectivity index (χ2v) is 5.38. The first-order chi connectivity index (χ1) is 9.25. The van der Waals surface area contributed by atoms with Gasteiger partial charge in [-0.3, -0.25) is 4.90 Å². The number of hydrogen-bond acceptors (Lipinski definition) is 3. The third-order valence-electron chi connectivity index (χ3n) is 3.54. The highest BCUT2D eigenvalue weighted by molar-refractivity contribution is 5.28. The molecule has 0 amide bonds. The lowest BCUT2D eigenvalue weighted by molar-refractivity contribution is 0.0358. The molecular weight excluding hydrogens is 238 g/mol. The predicted molar refractivity (Wildman–Crippen MR) is 77.9 cm³/mol. The molecule has 3 heteroatoms. The Morgan fingerprint density at radius 1 is 1.16 bits per heavy atom. The van der Waals surface area contributed by atoms with Crippen molar-refractivity contribution in [2.45, 2.75) is 26.2 Å². The highest BCUT2D eigenvalue weighted by Crippen LogP contribution is 2.18. The molecule has 1 saturated heterocycles. The van der Waals surface area contributed by atoms with Gasteiger partial charge in [-0.25, -0.2) is 0 Å². The standard InChI is InChI=1S/C16H25NO2/c1-14(2)15-4-6-16(7-5-15)19-11-3-8-17-9-12-18-13-10-17/h4-7,14H,3,8-13H2,1-2H3. The zero-order chi connectivity index (χ0) is 13.5. The first kappa shape index (κ1) is 14.4. The minimum absolute atomic E-state index is 0.579. The molecule has 1 fully saturated rings. The van der Waals surface area contributed by atoms with Gasteiger partial charge in [0.15, 0.2) is 0 Å². The van der Waals surface area contributed by atoms with Crippen molar-refractivity contribution in [3.63, 3.8) is 0 Å². The van der Waals surface area contributed by atoms with E-state index in [1.165, 1.54) is 5.56 Å². The summed E-state index contributed by atoms with van der Waals surface area (Å²) in [6.45, 7) is 10.2. The molecule has 0 spiro atoms. The minimum Gasteiger partial charge on any atom is -0.494 e. The molecule has 1 aliphatic rings. The van der Waals surface area contributed by atoms with Crippen LogP contribution in [0.25, 0.3) is 0 Å². The molecule has 1 aliphatic heterocycles. The zero-order valence-corrected chi connectivity index (χ0v) is 12.1.